The number of ether oxygens (including phenoxy) is 1. The topological polar surface area (TPSA) is 64.3 Å². The van der Waals surface area contributed by atoms with Gasteiger partial charge in [-0.05, 0) is 26.2 Å². The molecule has 1 aromatic heterocycles. The van der Waals surface area contributed by atoms with E-state index in [0.29, 0.717) is 18.4 Å². The van der Waals surface area contributed by atoms with Crippen LogP contribution in [0.15, 0.2) is 12.3 Å². The van der Waals surface area contributed by atoms with Crippen LogP contribution in [0, 0.1) is 5.92 Å². The highest BCUT2D eigenvalue weighted by molar-refractivity contribution is 5.33. The summed E-state index contributed by atoms with van der Waals surface area (Å²) in [6.07, 6.45) is 2.85. The Hall–Kier alpha value is -1.36. The molecule has 94 valence electrons. The third kappa shape index (κ3) is 2.85. The highest BCUT2D eigenvalue weighted by atomic mass is 16.5. The number of nitrogens with two attached hydrogens (primary N) is 1. The van der Waals surface area contributed by atoms with E-state index < -0.39 is 0 Å². The molecule has 2 atom stereocenters. The predicted octanol–water partition coefficient (Wildman–Crippen LogP) is 1.05. The minimum Gasteiger partial charge on any atom is -0.478 e. The van der Waals surface area contributed by atoms with Gasteiger partial charge in [-0.25, -0.2) is 4.98 Å². The highest BCUT2D eigenvalue weighted by Gasteiger charge is 2.26. The number of hydrogen-bond donors (Lipinski definition) is 1. The van der Waals surface area contributed by atoms with Crippen LogP contribution in [0.25, 0.3) is 0 Å². The van der Waals surface area contributed by atoms with Crippen molar-refractivity contribution in [3.05, 3.63) is 12.3 Å². The lowest BCUT2D eigenvalue weighted by molar-refractivity contribution is 0.326. The Kier molecular flexibility index (Phi) is 3.78. The molecule has 0 saturated carbocycles. The Bertz CT molecular complexity index is 369. The number of anilines is 1. The fourth-order valence-corrected chi connectivity index (χ4v) is 2.11. The molecule has 0 radical (unpaired) electrons. The van der Waals surface area contributed by atoms with Crippen LogP contribution in [-0.4, -0.2) is 35.7 Å². The predicted molar refractivity (Wildman–Crippen MR) is 67.2 cm³/mol. The van der Waals surface area contributed by atoms with Crippen molar-refractivity contribution in [2.75, 3.05) is 24.6 Å². The summed E-state index contributed by atoms with van der Waals surface area (Å²) in [5.74, 6) is 1.93. The minimum absolute atomic E-state index is 0.232. The molecule has 1 aromatic rings. The fraction of sp³-hybridized carbons (Fsp3) is 0.667. The average Bonchev–Trinajstić information content (AvgIpc) is 2.79. The maximum Gasteiger partial charge on any atom is 0.228 e. The Morgan fingerprint density at radius 3 is 3.12 bits per heavy atom. The van der Waals surface area contributed by atoms with Crippen molar-refractivity contribution in [1.29, 1.82) is 0 Å². The van der Waals surface area contributed by atoms with Crippen LogP contribution in [-0.2, 0) is 0 Å². The first kappa shape index (κ1) is 12.1. The maximum atomic E-state index is 5.92. The van der Waals surface area contributed by atoms with Crippen molar-refractivity contribution < 1.29 is 4.74 Å². The second kappa shape index (κ2) is 5.31. The molecule has 5 nitrogen and oxygen atoms in total. The van der Waals surface area contributed by atoms with Crippen molar-refractivity contribution in [2.45, 2.75) is 26.3 Å². The van der Waals surface area contributed by atoms with Gasteiger partial charge in [-0.2, -0.15) is 4.98 Å². The molecule has 2 rings (SSSR count). The second-order valence-corrected chi connectivity index (χ2v) is 4.48. The van der Waals surface area contributed by atoms with E-state index in [-0.39, 0.29) is 6.04 Å². The van der Waals surface area contributed by atoms with Gasteiger partial charge in [0.15, 0.2) is 0 Å². The third-order valence-electron chi connectivity index (χ3n) is 3.16. The standard InChI is InChI=1S/C12H20N4O/c1-3-17-11-4-6-14-12(15-11)16-7-5-10(8-16)9(2)13/h4,6,9-10H,3,5,7-8,13H2,1-2H3. The smallest absolute Gasteiger partial charge is 0.228 e. The van der Waals surface area contributed by atoms with Gasteiger partial charge in [0, 0.05) is 31.4 Å². The zero-order chi connectivity index (χ0) is 12.3. The van der Waals surface area contributed by atoms with Crippen molar-refractivity contribution >= 4 is 5.95 Å². The number of hydrogen-bond acceptors (Lipinski definition) is 5. The molecule has 2 unspecified atom stereocenters. The van der Waals surface area contributed by atoms with E-state index in [4.69, 9.17) is 10.5 Å². The van der Waals surface area contributed by atoms with Crippen molar-refractivity contribution in [3.8, 4) is 5.88 Å². The molecule has 5 heteroatoms. The highest BCUT2D eigenvalue weighted by Crippen LogP contribution is 2.23. The zero-order valence-corrected chi connectivity index (χ0v) is 10.5. The molecule has 2 N–H and O–H groups in total. The maximum absolute atomic E-state index is 5.92. The van der Waals surface area contributed by atoms with Gasteiger partial charge in [-0.1, -0.05) is 0 Å². The van der Waals surface area contributed by atoms with E-state index in [1.165, 1.54) is 0 Å². The quantitative estimate of drug-likeness (QED) is 0.846. The van der Waals surface area contributed by atoms with E-state index in [1.54, 1.807) is 12.3 Å². The van der Waals surface area contributed by atoms with E-state index in [0.717, 1.165) is 25.5 Å². The van der Waals surface area contributed by atoms with Crippen LogP contribution >= 0.6 is 0 Å². The van der Waals surface area contributed by atoms with Gasteiger partial charge in [0.1, 0.15) is 0 Å². The lowest BCUT2D eigenvalue weighted by atomic mass is 10.0. The normalized spacial score (nSPS) is 21.6. The summed E-state index contributed by atoms with van der Waals surface area (Å²) in [5, 5.41) is 0. The first-order chi connectivity index (χ1) is 8.20. The summed E-state index contributed by atoms with van der Waals surface area (Å²) in [4.78, 5) is 10.9. The average molecular weight is 236 g/mol. The Labute approximate surface area is 102 Å². The zero-order valence-electron chi connectivity index (χ0n) is 10.5. The molecule has 0 amide bonds. The van der Waals surface area contributed by atoms with Gasteiger partial charge < -0.3 is 15.4 Å². The molecule has 0 bridgehead atoms. The first-order valence-electron chi connectivity index (χ1n) is 6.17. The summed E-state index contributed by atoms with van der Waals surface area (Å²) in [6.45, 7) is 6.54. The van der Waals surface area contributed by atoms with Gasteiger partial charge in [-0.3, -0.25) is 0 Å². The molecular weight excluding hydrogens is 216 g/mol. The van der Waals surface area contributed by atoms with Crippen LogP contribution in [0.1, 0.15) is 20.3 Å². The van der Waals surface area contributed by atoms with Crippen molar-refractivity contribution in [3.63, 3.8) is 0 Å². The summed E-state index contributed by atoms with van der Waals surface area (Å²) >= 11 is 0. The Morgan fingerprint density at radius 2 is 2.47 bits per heavy atom. The van der Waals surface area contributed by atoms with Crippen LogP contribution in [0.2, 0.25) is 0 Å². The lowest BCUT2D eigenvalue weighted by Crippen LogP contribution is -2.30. The lowest BCUT2D eigenvalue weighted by Gasteiger charge is -2.18. The SMILES string of the molecule is CCOc1ccnc(N2CCC(C(C)N)C2)n1. The summed E-state index contributed by atoms with van der Waals surface area (Å²) in [5.41, 5.74) is 5.92. The molecule has 2 heterocycles. The largest absolute Gasteiger partial charge is 0.478 e. The molecule has 0 aliphatic carbocycles. The number of aromatic nitrogens is 2. The van der Waals surface area contributed by atoms with Crippen LogP contribution in [0.4, 0.5) is 5.95 Å². The number of rotatable bonds is 4. The third-order valence-corrected chi connectivity index (χ3v) is 3.16. The minimum atomic E-state index is 0.232. The van der Waals surface area contributed by atoms with Crippen LogP contribution in [0.5, 0.6) is 5.88 Å². The van der Waals surface area contributed by atoms with Gasteiger partial charge in [-0.15, -0.1) is 0 Å². The van der Waals surface area contributed by atoms with Crippen molar-refractivity contribution in [2.24, 2.45) is 11.7 Å². The van der Waals surface area contributed by atoms with Crippen molar-refractivity contribution in [1.82, 2.24) is 9.97 Å². The monoisotopic (exact) mass is 236 g/mol. The van der Waals surface area contributed by atoms with Gasteiger partial charge in [0.05, 0.1) is 6.61 Å². The molecule has 1 saturated heterocycles. The fourth-order valence-electron chi connectivity index (χ4n) is 2.11. The molecule has 0 spiro atoms. The van der Waals surface area contributed by atoms with Crippen LogP contribution in [0.3, 0.4) is 0 Å². The molecule has 1 aliphatic heterocycles. The van der Waals surface area contributed by atoms with Crippen LogP contribution < -0.4 is 15.4 Å². The van der Waals surface area contributed by atoms with Gasteiger partial charge in [0.2, 0.25) is 11.8 Å². The molecule has 17 heavy (non-hydrogen) atoms. The van der Waals surface area contributed by atoms with Gasteiger partial charge >= 0.3 is 0 Å². The Balaban J connectivity index is 2.05. The van der Waals surface area contributed by atoms with E-state index in [2.05, 4.69) is 21.8 Å². The summed E-state index contributed by atoms with van der Waals surface area (Å²) < 4.78 is 5.38. The summed E-state index contributed by atoms with van der Waals surface area (Å²) in [6, 6.07) is 2.02. The summed E-state index contributed by atoms with van der Waals surface area (Å²) in [7, 11) is 0. The van der Waals surface area contributed by atoms with E-state index in [9.17, 15) is 0 Å². The van der Waals surface area contributed by atoms with Gasteiger partial charge in [0.25, 0.3) is 0 Å². The second-order valence-electron chi connectivity index (χ2n) is 4.48. The first-order valence-corrected chi connectivity index (χ1v) is 6.17. The molecule has 1 fully saturated rings. The number of nitrogens with zero attached hydrogens (tertiary/aromatic N) is 3. The molecule has 0 aromatic carbocycles. The Morgan fingerprint density at radius 1 is 1.65 bits per heavy atom. The molecule has 1 aliphatic rings. The van der Waals surface area contributed by atoms with E-state index >= 15 is 0 Å². The molecular formula is C12H20N4O. The van der Waals surface area contributed by atoms with E-state index in [1.807, 2.05) is 6.92 Å².